The smallest absolute Gasteiger partial charge is 0.338 e. The van der Waals surface area contributed by atoms with Crippen LogP contribution in [0.1, 0.15) is 49.7 Å². The zero-order valence-electron chi connectivity index (χ0n) is 17.7. The fourth-order valence-electron chi connectivity index (χ4n) is 2.81. The molecule has 1 unspecified atom stereocenters. The van der Waals surface area contributed by atoms with E-state index in [0.717, 1.165) is 21.1 Å². The summed E-state index contributed by atoms with van der Waals surface area (Å²) in [6.45, 7) is 7.57. The average Bonchev–Trinajstić information content (AvgIpc) is 2.70. The first-order chi connectivity index (χ1) is 14.2. The molecule has 2 N–H and O–H groups in total. The number of hydrogen-bond acceptors (Lipinski definition) is 5. The fraction of sp³-hybridized carbons (Fsp3) is 0.240. The molecule has 0 saturated heterocycles. The van der Waals surface area contributed by atoms with Gasteiger partial charge in [0.1, 0.15) is 17.5 Å². The minimum Gasteiger partial charge on any atom is -0.486 e. The first-order valence-corrected chi connectivity index (χ1v) is 10.7. The van der Waals surface area contributed by atoms with Gasteiger partial charge in [-0.2, -0.15) is 0 Å². The highest BCUT2D eigenvalue weighted by Gasteiger charge is 2.17. The highest BCUT2D eigenvalue weighted by Crippen LogP contribution is 2.35. The molecule has 3 aromatic carbocycles. The van der Waals surface area contributed by atoms with E-state index >= 15 is 0 Å². The molecular weight excluding hydrogens is 394 g/mol. The Bertz CT molecular complexity index is 995. The standard InChI is InChI=1S/C25H27NO3S/c1-17(18-8-6-5-7-9-18)28-20-12-15-23(22(26)16-20)30-21-13-10-19(11-14-21)24(27)29-25(2,3)4/h5-17H,26H2,1-4H3. The Morgan fingerprint density at radius 1 is 0.967 bits per heavy atom. The minimum absolute atomic E-state index is 0.0653. The molecule has 0 aliphatic carbocycles. The molecule has 3 aromatic rings. The second-order valence-corrected chi connectivity index (χ2v) is 9.11. The molecule has 0 bridgehead atoms. The van der Waals surface area contributed by atoms with Gasteiger partial charge < -0.3 is 15.2 Å². The van der Waals surface area contributed by atoms with Gasteiger partial charge >= 0.3 is 5.97 Å². The maximum Gasteiger partial charge on any atom is 0.338 e. The maximum atomic E-state index is 12.1. The molecule has 0 heterocycles. The molecule has 4 nitrogen and oxygen atoms in total. The molecule has 156 valence electrons. The summed E-state index contributed by atoms with van der Waals surface area (Å²) in [5, 5.41) is 0. The van der Waals surface area contributed by atoms with Gasteiger partial charge in [-0.15, -0.1) is 0 Å². The summed E-state index contributed by atoms with van der Waals surface area (Å²) in [5.74, 6) is 0.404. The third kappa shape index (κ3) is 6.04. The Labute approximate surface area is 182 Å². The van der Waals surface area contributed by atoms with Crippen LogP contribution in [0.5, 0.6) is 5.75 Å². The molecule has 0 fully saturated rings. The van der Waals surface area contributed by atoms with Crippen molar-refractivity contribution in [1.82, 2.24) is 0 Å². The SMILES string of the molecule is CC(Oc1ccc(Sc2ccc(C(=O)OC(C)(C)C)cc2)c(N)c1)c1ccccc1. The van der Waals surface area contributed by atoms with Crippen LogP contribution in [0.3, 0.4) is 0 Å². The monoisotopic (exact) mass is 421 g/mol. The zero-order chi connectivity index (χ0) is 21.7. The largest absolute Gasteiger partial charge is 0.486 e. The molecule has 0 aromatic heterocycles. The van der Waals surface area contributed by atoms with Crippen LogP contribution >= 0.6 is 11.8 Å². The number of esters is 1. The number of nitrogens with two attached hydrogens (primary N) is 1. The van der Waals surface area contributed by atoms with Gasteiger partial charge in [-0.25, -0.2) is 4.79 Å². The topological polar surface area (TPSA) is 61.5 Å². The van der Waals surface area contributed by atoms with E-state index in [0.29, 0.717) is 11.3 Å². The number of hydrogen-bond donors (Lipinski definition) is 1. The molecule has 0 amide bonds. The van der Waals surface area contributed by atoms with Crippen molar-refractivity contribution in [2.24, 2.45) is 0 Å². The molecule has 0 spiro atoms. The van der Waals surface area contributed by atoms with E-state index in [1.807, 2.05) is 88.4 Å². The molecule has 1 atom stereocenters. The Hall–Kier alpha value is -2.92. The Morgan fingerprint density at radius 3 is 2.23 bits per heavy atom. The molecule has 30 heavy (non-hydrogen) atoms. The molecule has 0 aliphatic rings. The first kappa shape index (κ1) is 21.8. The van der Waals surface area contributed by atoms with Crippen LogP contribution in [0.25, 0.3) is 0 Å². The number of rotatable bonds is 6. The van der Waals surface area contributed by atoms with E-state index in [9.17, 15) is 4.79 Å². The van der Waals surface area contributed by atoms with E-state index in [2.05, 4.69) is 0 Å². The third-order valence-electron chi connectivity index (χ3n) is 4.28. The lowest BCUT2D eigenvalue weighted by Crippen LogP contribution is -2.23. The number of carbonyl (C=O) groups excluding carboxylic acids is 1. The van der Waals surface area contributed by atoms with Gasteiger partial charge in [-0.05, 0) is 69.7 Å². The molecule has 3 rings (SSSR count). The maximum absolute atomic E-state index is 12.1. The van der Waals surface area contributed by atoms with Gasteiger partial charge in [0.15, 0.2) is 0 Å². The molecular formula is C25H27NO3S. The number of carbonyl (C=O) groups is 1. The summed E-state index contributed by atoms with van der Waals surface area (Å²) < 4.78 is 11.4. The second kappa shape index (κ2) is 9.26. The Balaban J connectivity index is 1.65. The number of anilines is 1. The summed E-state index contributed by atoms with van der Waals surface area (Å²) >= 11 is 1.54. The van der Waals surface area contributed by atoms with Crippen molar-refractivity contribution >= 4 is 23.4 Å². The quantitative estimate of drug-likeness (QED) is 0.363. The Morgan fingerprint density at radius 2 is 1.63 bits per heavy atom. The first-order valence-electron chi connectivity index (χ1n) is 9.84. The summed E-state index contributed by atoms with van der Waals surface area (Å²) in [7, 11) is 0. The fourth-order valence-corrected chi connectivity index (χ4v) is 3.65. The molecule has 0 radical (unpaired) electrons. The van der Waals surface area contributed by atoms with E-state index < -0.39 is 5.60 Å². The van der Waals surface area contributed by atoms with Crippen LogP contribution in [0.15, 0.2) is 82.6 Å². The van der Waals surface area contributed by atoms with Crippen LogP contribution in [0.2, 0.25) is 0 Å². The van der Waals surface area contributed by atoms with E-state index in [4.69, 9.17) is 15.2 Å². The van der Waals surface area contributed by atoms with Gasteiger partial charge in [-0.1, -0.05) is 42.1 Å². The van der Waals surface area contributed by atoms with Crippen molar-refractivity contribution in [1.29, 1.82) is 0 Å². The summed E-state index contributed by atoms with van der Waals surface area (Å²) in [5.41, 5.74) is 8.03. The van der Waals surface area contributed by atoms with E-state index in [1.54, 1.807) is 12.1 Å². The Kier molecular flexibility index (Phi) is 6.73. The van der Waals surface area contributed by atoms with Crippen molar-refractivity contribution in [3.8, 4) is 5.75 Å². The van der Waals surface area contributed by atoms with Crippen molar-refractivity contribution < 1.29 is 14.3 Å². The zero-order valence-corrected chi connectivity index (χ0v) is 18.5. The van der Waals surface area contributed by atoms with Gasteiger partial charge in [0.25, 0.3) is 0 Å². The van der Waals surface area contributed by atoms with Gasteiger partial charge in [0.05, 0.1) is 5.56 Å². The van der Waals surface area contributed by atoms with Crippen LogP contribution in [0.4, 0.5) is 5.69 Å². The van der Waals surface area contributed by atoms with Crippen molar-refractivity contribution in [3.63, 3.8) is 0 Å². The van der Waals surface area contributed by atoms with Crippen molar-refractivity contribution in [3.05, 3.63) is 83.9 Å². The molecule has 0 saturated carbocycles. The van der Waals surface area contributed by atoms with Crippen LogP contribution < -0.4 is 10.5 Å². The predicted molar refractivity (Wildman–Crippen MR) is 122 cm³/mol. The average molecular weight is 422 g/mol. The number of benzene rings is 3. The molecule has 5 heteroatoms. The summed E-state index contributed by atoms with van der Waals surface area (Å²) in [6, 6.07) is 23.1. The normalized spacial score (nSPS) is 12.3. The highest BCUT2D eigenvalue weighted by atomic mass is 32.2. The van der Waals surface area contributed by atoms with Crippen LogP contribution in [-0.4, -0.2) is 11.6 Å². The van der Waals surface area contributed by atoms with Crippen LogP contribution in [0, 0.1) is 0 Å². The van der Waals surface area contributed by atoms with E-state index in [-0.39, 0.29) is 12.1 Å². The second-order valence-electron chi connectivity index (χ2n) is 8.00. The highest BCUT2D eigenvalue weighted by molar-refractivity contribution is 7.99. The van der Waals surface area contributed by atoms with Crippen molar-refractivity contribution in [2.75, 3.05) is 5.73 Å². The lowest BCUT2D eigenvalue weighted by Gasteiger charge is -2.19. The van der Waals surface area contributed by atoms with Crippen molar-refractivity contribution in [2.45, 2.75) is 49.2 Å². The predicted octanol–water partition coefficient (Wildman–Crippen LogP) is 6.52. The van der Waals surface area contributed by atoms with Crippen LogP contribution in [-0.2, 0) is 4.74 Å². The third-order valence-corrected chi connectivity index (χ3v) is 5.38. The number of nitrogen functional groups attached to an aromatic ring is 1. The lowest BCUT2D eigenvalue weighted by atomic mass is 10.1. The summed E-state index contributed by atoms with van der Waals surface area (Å²) in [6.07, 6.45) is -0.0653. The molecule has 0 aliphatic heterocycles. The van der Waals surface area contributed by atoms with Gasteiger partial charge in [0, 0.05) is 21.5 Å². The van der Waals surface area contributed by atoms with Gasteiger partial charge in [0.2, 0.25) is 0 Å². The van der Waals surface area contributed by atoms with Gasteiger partial charge in [-0.3, -0.25) is 0 Å². The lowest BCUT2D eigenvalue weighted by molar-refractivity contribution is 0.00694. The minimum atomic E-state index is -0.513. The van der Waals surface area contributed by atoms with E-state index in [1.165, 1.54) is 11.8 Å². The number of ether oxygens (including phenoxy) is 2. The summed E-state index contributed by atoms with van der Waals surface area (Å²) in [4.78, 5) is 14.1.